The molecule has 0 bridgehead atoms. The lowest BCUT2D eigenvalue weighted by atomic mass is 10.1. The lowest BCUT2D eigenvalue weighted by Gasteiger charge is -1.97. The molecule has 4 nitrogen and oxygen atoms in total. The zero-order chi connectivity index (χ0) is 13.4. The first-order valence-corrected chi connectivity index (χ1v) is 5.84. The van der Waals surface area contributed by atoms with Crippen molar-refractivity contribution in [3.05, 3.63) is 53.7 Å². The standard InChI is InChI=1S/C15H11NO3/c1-9-3-2-4-10-7-13(19-14(9)10)12-6-5-11(8-16-12)15(17)18/h2-8H,1H3,(H,17,18). The van der Waals surface area contributed by atoms with E-state index < -0.39 is 5.97 Å². The molecule has 0 spiro atoms. The average Bonchev–Trinajstić information content (AvgIpc) is 2.84. The van der Waals surface area contributed by atoms with Gasteiger partial charge in [0.25, 0.3) is 0 Å². The van der Waals surface area contributed by atoms with E-state index in [1.807, 2.05) is 31.2 Å². The number of carbonyl (C=O) groups is 1. The fourth-order valence-electron chi connectivity index (χ4n) is 2.00. The van der Waals surface area contributed by atoms with E-state index >= 15 is 0 Å². The van der Waals surface area contributed by atoms with E-state index in [4.69, 9.17) is 9.52 Å². The number of rotatable bonds is 2. The van der Waals surface area contributed by atoms with Crippen LogP contribution < -0.4 is 0 Å². The highest BCUT2D eigenvalue weighted by atomic mass is 16.4. The van der Waals surface area contributed by atoms with Gasteiger partial charge in [0.15, 0.2) is 5.76 Å². The second kappa shape index (κ2) is 4.24. The number of aryl methyl sites for hydroxylation is 1. The van der Waals surface area contributed by atoms with Crippen molar-refractivity contribution in [3.63, 3.8) is 0 Å². The van der Waals surface area contributed by atoms with Crippen LogP contribution in [-0.4, -0.2) is 16.1 Å². The SMILES string of the molecule is Cc1cccc2cc(-c3ccc(C(=O)O)cn3)oc12. The van der Waals surface area contributed by atoms with Crippen molar-refractivity contribution in [3.8, 4) is 11.5 Å². The van der Waals surface area contributed by atoms with E-state index in [1.54, 1.807) is 6.07 Å². The number of aromatic nitrogens is 1. The van der Waals surface area contributed by atoms with Gasteiger partial charge in [0.05, 0.1) is 5.56 Å². The van der Waals surface area contributed by atoms with Gasteiger partial charge in [-0.05, 0) is 30.7 Å². The Labute approximate surface area is 109 Å². The number of para-hydroxylation sites is 1. The second-order valence-corrected chi connectivity index (χ2v) is 4.34. The lowest BCUT2D eigenvalue weighted by molar-refractivity contribution is 0.0696. The van der Waals surface area contributed by atoms with Gasteiger partial charge < -0.3 is 9.52 Å². The molecule has 2 aromatic heterocycles. The number of hydrogen-bond acceptors (Lipinski definition) is 3. The van der Waals surface area contributed by atoms with Gasteiger partial charge in [-0.1, -0.05) is 18.2 Å². The molecule has 1 N–H and O–H groups in total. The molecule has 0 fully saturated rings. The minimum Gasteiger partial charge on any atom is -0.478 e. The summed E-state index contributed by atoms with van der Waals surface area (Å²) < 4.78 is 5.78. The summed E-state index contributed by atoms with van der Waals surface area (Å²) in [6.45, 7) is 1.98. The molecule has 4 heteroatoms. The third-order valence-corrected chi connectivity index (χ3v) is 3.00. The van der Waals surface area contributed by atoms with Crippen molar-refractivity contribution >= 4 is 16.9 Å². The first-order valence-electron chi connectivity index (χ1n) is 5.84. The third-order valence-electron chi connectivity index (χ3n) is 3.00. The van der Waals surface area contributed by atoms with Crippen molar-refractivity contribution in [1.29, 1.82) is 0 Å². The van der Waals surface area contributed by atoms with Crippen molar-refractivity contribution in [2.75, 3.05) is 0 Å². The zero-order valence-corrected chi connectivity index (χ0v) is 10.3. The molecule has 0 saturated heterocycles. The largest absolute Gasteiger partial charge is 0.478 e. The first kappa shape index (κ1) is 11.5. The molecule has 0 aliphatic carbocycles. The Balaban J connectivity index is 2.09. The summed E-state index contributed by atoms with van der Waals surface area (Å²) in [5.74, 6) is -0.347. The minimum absolute atomic E-state index is 0.163. The summed E-state index contributed by atoms with van der Waals surface area (Å²) in [6.07, 6.45) is 1.33. The molecule has 0 atom stereocenters. The number of carboxylic acids is 1. The molecule has 0 unspecified atom stereocenters. The third kappa shape index (κ3) is 1.97. The van der Waals surface area contributed by atoms with Crippen LogP contribution in [0.3, 0.4) is 0 Å². The highest BCUT2D eigenvalue weighted by molar-refractivity contribution is 5.88. The number of carboxylic acid groups (broad SMARTS) is 1. The number of benzene rings is 1. The minimum atomic E-state index is -0.987. The quantitative estimate of drug-likeness (QED) is 0.759. The number of pyridine rings is 1. The smallest absolute Gasteiger partial charge is 0.337 e. The number of hydrogen-bond donors (Lipinski definition) is 1. The predicted octanol–water partition coefficient (Wildman–Crippen LogP) is 3.50. The van der Waals surface area contributed by atoms with Crippen molar-refractivity contribution in [2.45, 2.75) is 6.92 Å². The molecule has 0 aliphatic heterocycles. The monoisotopic (exact) mass is 253 g/mol. The maximum atomic E-state index is 10.8. The van der Waals surface area contributed by atoms with Gasteiger partial charge in [-0.3, -0.25) is 4.98 Å². The van der Waals surface area contributed by atoms with E-state index in [0.717, 1.165) is 16.5 Å². The summed E-state index contributed by atoms with van der Waals surface area (Å²) >= 11 is 0. The summed E-state index contributed by atoms with van der Waals surface area (Å²) in [6, 6.07) is 11.0. The molecule has 94 valence electrons. The summed E-state index contributed by atoms with van der Waals surface area (Å²) in [5, 5.41) is 9.85. The topological polar surface area (TPSA) is 63.3 Å². The molecule has 2 heterocycles. The van der Waals surface area contributed by atoms with E-state index in [1.165, 1.54) is 12.3 Å². The van der Waals surface area contributed by atoms with Crippen LogP contribution >= 0.6 is 0 Å². The van der Waals surface area contributed by atoms with E-state index in [2.05, 4.69) is 4.98 Å². The fourth-order valence-corrected chi connectivity index (χ4v) is 2.00. The molecule has 19 heavy (non-hydrogen) atoms. The molecule has 3 aromatic rings. The van der Waals surface area contributed by atoms with Gasteiger partial charge in [-0.2, -0.15) is 0 Å². The molecule has 3 rings (SSSR count). The van der Waals surface area contributed by atoms with Crippen LogP contribution in [0, 0.1) is 6.92 Å². The lowest BCUT2D eigenvalue weighted by Crippen LogP contribution is -1.96. The van der Waals surface area contributed by atoms with Gasteiger partial charge in [0.2, 0.25) is 0 Å². The van der Waals surface area contributed by atoms with Crippen LogP contribution in [0.4, 0.5) is 0 Å². The highest BCUT2D eigenvalue weighted by Gasteiger charge is 2.10. The first-order chi connectivity index (χ1) is 9.15. The number of aromatic carboxylic acids is 1. The van der Waals surface area contributed by atoms with Gasteiger partial charge >= 0.3 is 5.97 Å². The Kier molecular flexibility index (Phi) is 2.56. The van der Waals surface area contributed by atoms with Gasteiger partial charge in [0.1, 0.15) is 11.3 Å². The Morgan fingerprint density at radius 1 is 1.26 bits per heavy atom. The Morgan fingerprint density at radius 3 is 2.74 bits per heavy atom. The summed E-state index contributed by atoms with van der Waals surface area (Å²) in [7, 11) is 0. The van der Waals surface area contributed by atoms with Crippen molar-refractivity contribution in [2.24, 2.45) is 0 Å². The molecule has 1 aromatic carbocycles. The number of fused-ring (bicyclic) bond motifs is 1. The summed E-state index contributed by atoms with van der Waals surface area (Å²) in [5.41, 5.74) is 2.68. The maximum absolute atomic E-state index is 10.8. The van der Waals surface area contributed by atoms with E-state index in [0.29, 0.717) is 11.5 Å². The molecule has 0 radical (unpaired) electrons. The summed E-state index contributed by atoms with van der Waals surface area (Å²) in [4.78, 5) is 14.9. The van der Waals surface area contributed by atoms with Gasteiger partial charge in [-0.15, -0.1) is 0 Å². The molecule has 0 aliphatic rings. The predicted molar refractivity (Wildman–Crippen MR) is 71.1 cm³/mol. The van der Waals surface area contributed by atoms with Crippen molar-refractivity contribution < 1.29 is 14.3 Å². The molecule has 0 saturated carbocycles. The van der Waals surface area contributed by atoms with E-state index in [9.17, 15) is 4.79 Å². The van der Waals surface area contributed by atoms with Crippen molar-refractivity contribution in [1.82, 2.24) is 4.98 Å². The normalized spacial score (nSPS) is 10.8. The van der Waals surface area contributed by atoms with Crippen LogP contribution in [0.2, 0.25) is 0 Å². The Hall–Kier alpha value is -2.62. The fraction of sp³-hybridized carbons (Fsp3) is 0.0667. The average molecular weight is 253 g/mol. The van der Waals surface area contributed by atoms with Crippen LogP contribution in [0.15, 0.2) is 47.0 Å². The molecular formula is C15H11NO3. The zero-order valence-electron chi connectivity index (χ0n) is 10.3. The van der Waals surface area contributed by atoms with Crippen LogP contribution in [0.1, 0.15) is 15.9 Å². The second-order valence-electron chi connectivity index (χ2n) is 4.34. The van der Waals surface area contributed by atoms with Crippen LogP contribution in [0.25, 0.3) is 22.4 Å². The van der Waals surface area contributed by atoms with E-state index in [-0.39, 0.29) is 5.56 Å². The number of furan rings is 1. The highest BCUT2D eigenvalue weighted by Crippen LogP contribution is 2.28. The maximum Gasteiger partial charge on any atom is 0.337 e. The van der Waals surface area contributed by atoms with Crippen LogP contribution in [-0.2, 0) is 0 Å². The Morgan fingerprint density at radius 2 is 2.11 bits per heavy atom. The Bertz CT molecular complexity index is 757. The van der Waals surface area contributed by atoms with Gasteiger partial charge in [-0.25, -0.2) is 4.79 Å². The molecule has 0 amide bonds. The molecular weight excluding hydrogens is 242 g/mol. The number of nitrogens with zero attached hydrogens (tertiary/aromatic N) is 1. The van der Waals surface area contributed by atoms with Crippen LogP contribution in [0.5, 0.6) is 0 Å². The van der Waals surface area contributed by atoms with Gasteiger partial charge in [0, 0.05) is 11.6 Å².